The van der Waals surface area contributed by atoms with E-state index in [2.05, 4.69) is 22.3 Å². The summed E-state index contributed by atoms with van der Waals surface area (Å²) in [5.74, 6) is -3.21. The van der Waals surface area contributed by atoms with Crippen molar-refractivity contribution in [3.63, 3.8) is 0 Å². The van der Waals surface area contributed by atoms with Gasteiger partial charge in [0, 0.05) is 29.9 Å². The molecule has 5 rings (SSSR count). The van der Waals surface area contributed by atoms with Crippen molar-refractivity contribution in [1.29, 1.82) is 0 Å². The van der Waals surface area contributed by atoms with Crippen molar-refractivity contribution in [2.45, 2.75) is 18.4 Å². The minimum Gasteiger partial charge on any atom is -0.405 e. The van der Waals surface area contributed by atoms with E-state index < -0.39 is 34.8 Å². The number of carbonyl (C=O) groups is 2. The quantitative estimate of drug-likeness (QED) is 0.256. The van der Waals surface area contributed by atoms with Crippen LogP contribution >= 0.6 is 0 Å². The maximum Gasteiger partial charge on any atom is 0.255 e. The number of pyridine rings is 1. The number of allylic oxidation sites excluding steroid dienone is 2. The van der Waals surface area contributed by atoms with Crippen LogP contribution < -0.4 is 16.4 Å². The highest BCUT2D eigenvalue weighted by atomic mass is 19.1. The zero-order chi connectivity index (χ0) is 29.3. The van der Waals surface area contributed by atoms with Crippen LogP contribution in [0.5, 0.6) is 0 Å². The third-order valence-corrected chi connectivity index (χ3v) is 7.02. The lowest BCUT2D eigenvalue weighted by Gasteiger charge is -2.18. The van der Waals surface area contributed by atoms with Gasteiger partial charge in [0.2, 0.25) is 0 Å². The molecule has 2 aromatic carbocycles. The van der Waals surface area contributed by atoms with Gasteiger partial charge in [0.1, 0.15) is 22.8 Å². The molecule has 2 aromatic heterocycles. The Morgan fingerprint density at radius 2 is 1.73 bits per heavy atom. The molecule has 4 aromatic rings. The number of nitrogens with one attached hydrogen (secondary N) is 2. The molecule has 2 amide bonds. The summed E-state index contributed by atoms with van der Waals surface area (Å²) in [7, 11) is 1.39. The summed E-state index contributed by atoms with van der Waals surface area (Å²) in [5, 5.41) is 9.77. The summed E-state index contributed by atoms with van der Waals surface area (Å²) in [4.78, 5) is 26.1. The lowest BCUT2D eigenvalue weighted by molar-refractivity contribution is 0.0936. The number of nitrogens with zero attached hydrogens (tertiary/aromatic N) is 2. The largest absolute Gasteiger partial charge is 0.405 e. The molecule has 1 saturated carbocycles. The van der Waals surface area contributed by atoms with Gasteiger partial charge in [0.25, 0.3) is 11.8 Å². The van der Waals surface area contributed by atoms with E-state index in [1.165, 1.54) is 60.4 Å². The number of hydrogen-bond donors (Lipinski definition) is 3. The van der Waals surface area contributed by atoms with Crippen molar-refractivity contribution in [3.05, 3.63) is 120 Å². The fraction of sp³-hybridized carbons (Fsp3) is 0.129. The fourth-order valence-corrected chi connectivity index (χ4v) is 4.68. The maximum absolute atomic E-state index is 16.1. The standard InChI is InChI=1S/C31H26F3N5O2/c1-18(5-3-4-13-35)31(11-12-31)37-29(40)21-15-20(16-23(33)17-21)24-10-14-39-28(26(24)34)25(30(41)36-2)27(38-39)19-6-8-22(32)9-7-19/h3-10,13-17H,1,11-12,35H2,2H3,(H,36,41)(H,37,40)/b5-3-,13-4-. The smallest absolute Gasteiger partial charge is 0.255 e. The number of nitrogens with two attached hydrogens (primary N) is 1. The SMILES string of the molecule is C=C(/C=C\C=C/N)C1(NC(=O)c2cc(F)cc(-c3ccn4nc(-c5ccc(F)cc5)c(C(=O)NC)c4c3F)c2)CC1. The highest BCUT2D eigenvalue weighted by Crippen LogP contribution is 2.42. The van der Waals surface area contributed by atoms with Crippen molar-refractivity contribution in [3.8, 4) is 22.4 Å². The van der Waals surface area contributed by atoms with Crippen LogP contribution in [-0.4, -0.2) is 34.0 Å². The van der Waals surface area contributed by atoms with Crippen LogP contribution in [0.2, 0.25) is 0 Å². The lowest BCUT2D eigenvalue weighted by Crippen LogP contribution is -2.37. The van der Waals surface area contributed by atoms with Gasteiger partial charge in [-0.2, -0.15) is 5.10 Å². The summed E-state index contributed by atoms with van der Waals surface area (Å²) in [6.07, 6.45) is 9.23. The van der Waals surface area contributed by atoms with Crippen molar-refractivity contribution in [1.82, 2.24) is 20.2 Å². The first-order valence-corrected chi connectivity index (χ1v) is 12.7. The molecule has 0 saturated heterocycles. The number of benzene rings is 2. The predicted octanol–water partition coefficient (Wildman–Crippen LogP) is 5.29. The van der Waals surface area contributed by atoms with Gasteiger partial charge in [-0.1, -0.05) is 18.7 Å². The van der Waals surface area contributed by atoms with E-state index in [0.29, 0.717) is 24.0 Å². The molecular formula is C31H26F3N5O2. The molecule has 208 valence electrons. The molecule has 0 unspecified atom stereocenters. The average molecular weight is 558 g/mol. The van der Waals surface area contributed by atoms with Gasteiger partial charge in [-0.15, -0.1) is 0 Å². The molecule has 0 bridgehead atoms. The summed E-state index contributed by atoms with van der Waals surface area (Å²) in [5.41, 5.74) is 5.76. The van der Waals surface area contributed by atoms with Gasteiger partial charge in [-0.3, -0.25) is 9.59 Å². The second-order valence-electron chi connectivity index (χ2n) is 9.68. The van der Waals surface area contributed by atoms with Crippen LogP contribution in [0.3, 0.4) is 0 Å². The Balaban J connectivity index is 1.55. The van der Waals surface area contributed by atoms with Gasteiger partial charge >= 0.3 is 0 Å². The summed E-state index contributed by atoms with van der Waals surface area (Å²) in [6.45, 7) is 4.03. The average Bonchev–Trinajstić information content (AvgIpc) is 3.63. The van der Waals surface area contributed by atoms with E-state index >= 15 is 4.39 Å². The van der Waals surface area contributed by atoms with Crippen LogP contribution in [0.25, 0.3) is 27.9 Å². The Morgan fingerprint density at radius 1 is 1.00 bits per heavy atom. The van der Waals surface area contributed by atoms with Crippen LogP contribution in [-0.2, 0) is 0 Å². The van der Waals surface area contributed by atoms with Gasteiger partial charge in [-0.05, 0) is 84.8 Å². The van der Waals surface area contributed by atoms with Gasteiger partial charge in [0.15, 0.2) is 5.82 Å². The zero-order valence-corrected chi connectivity index (χ0v) is 22.0. The second kappa shape index (κ2) is 10.8. The molecule has 0 radical (unpaired) electrons. The summed E-state index contributed by atoms with van der Waals surface area (Å²) in [6, 6.07) is 10.2. The molecule has 0 aliphatic heterocycles. The molecule has 0 atom stereocenters. The van der Waals surface area contributed by atoms with E-state index in [4.69, 9.17) is 5.73 Å². The first-order chi connectivity index (χ1) is 19.7. The topological polar surface area (TPSA) is 102 Å². The fourth-order valence-electron chi connectivity index (χ4n) is 4.68. The summed E-state index contributed by atoms with van der Waals surface area (Å²) < 4.78 is 45.7. The van der Waals surface area contributed by atoms with E-state index in [1.807, 2.05) is 0 Å². The number of amides is 2. The van der Waals surface area contributed by atoms with Crippen molar-refractivity contribution >= 4 is 17.3 Å². The molecular weight excluding hydrogens is 531 g/mol. The minimum absolute atomic E-state index is 0.00350. The highest BCUT2D eigenvalue weighted by Gasteiger charge is 2.45. The zero-order valence-electron chi connectivity index (χ0n) is 22.0. The minimum atomic E-state index is -0.839. The number of halogens is 3. The molecule has 4 N–H and O–H groups in total. The Hall–Kier alpha value is -5.12. The first-order valence-electron chi connectivity index (χ1n) is 12.7. The third kappa shape index (κ3) is 5.23. The molecule has 7 nitrogen and oxygen atoms in total. The number of carbonyl (C=O) groups excluding carboxylic acids is 2. The van der Waals surface area contributed by atoms with Crippen LogP contribution in [0.15, 0.2) is 91.3 Å². The van der Waals surface area contributed by atoms with Crippen LogP contribution in [0, 0.1) is 17.5 Å². The summed E-state index contributed by atoms with van der Waals surface area (Å²) >= 11 is 0. The maximum atomic E-state index is 16.1. The number of rotatable bonds is 8. The van der Waals surface area contributed by atoms with Gasteiger partial charge in [0.05, 0.1) is 11.1 Å². The second-order valence-corrected chi connectivity index (χ2v) is 9.68. The Labute approximate surface area is 233 Å². The predicted molar refractivity (Wildman–Crippen MR) is 150 cm³/mol. The van der Waals surface area contributed by atoms with Crippen molar-refractivity contribution in [2.75, 3.05) is 7.05 Å². The monoisotopic (exact) mass is 557 g/mol. The van der Waals surface area contributed by atoms with E-state index in [0.717, 1.165) is 12.1 Å². The molecule has 1 fully saturated rings. The molecule has 10 heteroatoms. The highest BCUT2D eigenvalue weighted by molar-refractivity contribution is 6.07. The normalized spacial score (nSPS) is 14.0. The van der Waals surface area contributed by atoms with Gasteiger partial charge in [-0.25, -0.2) is 17.7 Å². The van der Waals surface area contributed by atoms with E-state index in [1.54, 1.807) is 18.2 Å². The number of hydrogen-bond acceptors (Lipinski definition) is 4. The van der Waals surface area contributed by atoms with E-state index in [-0.39, 0.29) is 33.5 Å². The molecule has 1 aliphatic carbocycles. The lowest BCUT2D eigenvalue weighted by atomic mass is 9.99. The molecule has 1 aliphatic rings. The molecule has 0 spiro atoms. The third-order valence-electron chi connectivity index (χ3n) is 7.02. The molecule has 2 heterocycles. The van der Waals surface area contributed by atoms with Crippen molar-refractivity contribution < 1.29 is 22.8 Å². The Bertz CT molecular complexity index is 1750. The van der Waals surface area contributed by atoms with E-state index in [9.17, 15) is 18.4 Å². The first kappa shape index (κ1) is 27.4. The van der Waals surface area contributed by atoms with Gasteiger partial charge < -0.3 is 16.4 Å². The molecule has 41 heavy (non-hydrogen) atoms. The van der Waals surface area contributed by atoms with Crippen LogP contribution in [0.1, 0.15) is 33.6 Å². The van der Waals surface area contributed by atoms with Crippen LogP contribution in [0.4, 0.5) is 13.2 Å². The number of fused-ring (bicyclic) bond motifs is 1. The van der Waals surface area contributed by atoms with Crippen molar-refractivity contribution in [2.24, 2.45) is 5.73 Å². The number of aromatic nitrogens is 2. The Kier molecular flexibility index (Phi) is 7.23. The Morgan fingerprint density at radius 3 is 2.39 bits per heavy atom.